The van der Waals surface area contributed by atoms with Crippen LogP contribution in [-0.2, 0) is 4.79 Å². The average Bonchev–Trinajstić information content (AvgIpc) is 2.21. The zero-order chi connectivity index (χ0) is 11.5. The van der Waals surface area contributed by atoms with Crippen molar-refractivity contribution in [2.75, 3.05) is 0 Å². The highest BCUT2D eigenvalue weighted by atomic mass is 16.4. The number of rotatable bonds is 10. The average molecular weight is 201 g/mol. The van der Waals surface area contributed by atoms with Gasteiger partial charge >= 0.3 is 5.97 Å². The highest BCUT2D eigenvalue weighted by molar-refractivity contribution is 5.66. The monoisotopic (exact) mass is 201 g/mol. The first-order valence-corrected chi connectivity index (χ1v) is 5.83. The Bertz CT molecular complexity index is 160. The number of aliphatic carboxylic acids is 1. The maximum Gasteiger partial charge on any atom is 0.303 e. The molecular weight excluding hydrogens is 176 g/mol. The first kappa shape index (κ1) is 11.5. The van der Waals surface area contributed by atoms with Crippen LogP contribution in [0.15, 0.2) is 0 Å². The molecule has 0 rings (SSSR count). The Balaban J connectivity index is 3.08. The van der Waals surface area contributed by atoms with E-state index in [4.69, 9.17) is 6.48 Å². The van der Waals surface area contributed by atoms with Crippen LogP contribution in [0.3, 0.4) is 0 Å². The summed E-state index contributed by atoms with van der Waals surface area (Å²) in [7, 11) is 0. The van der Waals surface area contributed by atoms with E-state index in [1.807, 2.05) is 0 Å². The molecule has 0 fully saturated rings. The molecule has 0 saturated carbocycles. The van der Waals surface area contributed by atoms with Crippen LogP contribution in [0.25, 0.3) is 0 Å². The molecule has 0 aliphatic rings. The Labute approximate surface area is 89.1 Å². The van der Waals surface area contributed by atoms with Crippen LogP contribution < -0.4 is 0 Å². The predicted molar refractivity (Wildman–Crippen MR) is 59.5 cm³/mol. The third-order valence-corrected chi connectivity index (χ3v) is 2.38. The maximum atomic E-state index is 10.3. The molecule has 0 aromatic rings. The maximum absolute atomic E-state index is 10.3. The smallest absolute Gasteiger partial charge is 0.303 e. The standard InChI is InChI=1S/C12H24O2/c1-2-3-4-5-6-7-8-9-10-11-12(13)14/h2-11H2,1H3,(H,13,14)/i11D. The van der Waals surface area contributed by atoms with Crippen molar-refractivity contribution in [2.45, 2.75) is 71.1 Å². The normalized spacial score (nSPS) is 13.6. The second-order valence-electron chi connectivity index (χ2n) is 3.81. The third kappa shape index (κ3) is 11.5. The summed E-state index contributed by atoms with van der Waals surface area (Å²) < 4.78 is 7.20. The molecule has 0 heterocycles. The van der Waals surface area contributed by atoms with E-state index in [2.05, 4.69) is 6.92 Å². The molecule has 1 atom stereocenters. The summed E-state index contributed by atoms with van der Waals surface area (Å²) >= 11 is 0. The van der Waals surface area contributed by atoms with Gasteiger partial charge in [-0.05, 0) is 6.42 Å². The molecule has 0 spiro atoms. The van der Waals surface area contributed by atoms with Crippen molar-refractivity contribution in [1.82, 2.24) is 0 Å². The van der Waals surface area contributed by atoms with Crippen LogP contribution in [0.5, 0.6) is 0 Å². The molecule has 0 aliphatic carbocycles. The number of carboxylic acids is 1. The number of hydrogen-bond donors (Lipinski definition) is 1. The molecule has 0 aromatic carbocycles. The van der Waals surface area contributed by atoms with Crippen molar-refractivity contribution < 1.29 is 11.3 Å². The number of carboxylic acid groups (broad SMARTS) is 1. The highest BCUT2D eigenvalue weighted by Crippen LogP contribution is 2.10. The zero-order valence-corrected chi connectivity index (χ0v) is 9.30. The molecular formula is C12H24O2. The van der Waals surface area contributed by atoms with Gasteiger partial charge in [0.05, 0.1) is 0 Å². The Morgan fingerprint density at radius 1 is 1.00 bits per heavy atom. The summed E-state index contributed by atoms with van der Waals surface area (Å²) in [4.78, 5) is 10.3. The molecule has 2 heteroatoms. The van der Waals surface area contributed by atoms with E-state index in [-0.39, 0.29) is 0 Å². The van der Waals surface area contributed by atoms with Gasteiger partial charge in [0.1, 0.15) is 0 Å². The fraction of sp³-hybridized carbons (Fsp3) is 0.917. The molecule has 1 unspecified atom stereocenters. The summed E-state index contributed by atoms with van der Waals surface area (Å²) in [6.07, 6.45) is 9.24. The van der Waals surface area contributed by atoms with Crippen molar-refractivity contribution in [3.63, 3.8) is 0 Å². The van der Waals surface area contributed by atoms with Gasteiger partial charge in [-0.25, -0.2) is 0 Å². The quantitative estimate of drug-likeness (QED) is 0.542. The fourth-order valence-corrected chi connectivity index (χ4v) is 1.50. The number of carbonyl (C=O) groups is 1. The van der Waals surface area contributed by atoms with Crippen molar-refractivity contribution in [1.29, 1.82) is 0 Å². The van der Waals surface area contributed by atoms with Crippen LogP contribution in [0.1, 0.15) is 72.5 Å². The van der Waals surface area contributed by atoms with E-state index >= 15 is 0 Å². The summed E-state index contributed by atoms with van der Waals surface area (Å²) in [5.41, 5.74) is 0. The van der Waals surface area contributed by atoms with Gasteiger partial charge in [0.15, 0.2) is 0 Å². The van der Waals surface area contributed by atoms with Gasteiger partial charge < -0.3 is 5.11 Å². The molecule has 1 N–H and O–H groups in total. The zero-order valence-electron chi connectivity index (χ0n) is 10.3. The third-order valence-electron chi connectivity index (χ3n) is 2.38. The topological polar surface area (TPSA) is 37.3 Å². The van der Waals surface area contributed by atoms with E-state index in [0.29, 0.717) is 6.42 Å². The van der Waals surface area contributed by atoms with Gasteiger partial charge in [0.2, 0.25) is 0 Å². The van der Waals surface area contributed by atoms with E-state index in [1.165, 1.54) is 38.5 Å². The van der Waals surface area contributed by atoms with Gasteiger partial charge in [0.25, 0.3) is 0 Å². The molecule has 0 amide bonds. The molecule has 0 aliphatic heterocycles. The molecule has 0 saturated heterocycles. The van der Waals surface area contributed by atoms with E-state index in [1.54, 1.807) is 0 Å². The highest BCUT2D eigenvalue weighted by Gasteiger charge is 1.96. The van der Waals surface area contributed by atoms with Crippen molar-refractivity contribution >= 4 is 5.97 Å². The minimum atomic E-state index is -0.988. The van der Waals surface area contributed by atoms with E-state index in [9.17, 15) is 4.79 Å². The van der Waals surface area contributed by atoms with Crippen LogP contribution in [0.4, 0.5) is 0 Å². The van der Waals surface area contributed by atoms with Gasteiger partial charge in [-0.3, -0.25) is 4.79 Å². The summed E-state index contributed by atoms with van der Waals surface area (Å²) in [6.45, 7) is 2.21. The van der Waals surface area contributed by atoms with E-state index in [0.717, 1.165) is 12.8 Å². The number of unbranched alkanes of at least 4 members (excludes halogenated alkanes) is 7. The minimum Gasteiger partial charge on any atom is -0.481 e. The van der Waals surface area contributed by atoms with Gasteiger partial charge in [-0.1, -0.05) is 58.3 Å². The van der Waals surface area contributed by atoms with Gasteiger partial charge in [0, 0.05) is 7.77 Å². The lowest BCUT2D eigenvalue weighted by Crippen LogP contribution is -1.93. The van der Waals surface area contributed by atoms with Gasteiger partial charge in [-0.2, -0.15) is 0 Å². The lowest BCUT2D eigenvalue weighted by Gasteiger charge is -2.00. The second-order valence-corrected chi connectivity index (χ2v) is 3.81. The Kier molecular flexibility index (Phi) is 8.70. The Morgan fingerprint density at radius 2 is 1.43 bits per heavy atom. The first-order valence-electron chi connectivity index (χ1n) is 6.41. The largest absolute Gasteiger partial charge is 0.481 e. The van der Waals surface area contributed by atoms with Crippen molar-refractivity contribution in [3.05, 3.63) is 0 Å². The lowest BCUT2D eigenvalue weighted by molar-refractivity contribution is -0.137. The SMILES string of the molecule is [2H]C(CCCCCCCCCC)C(=O)O. The summed E-state index contributed by atoms with van der Waals surface area (Å²) in [5.74, 6) is -0.988. The number of hydrogen-bond acceptors (Lipinski definition) is 1. The Morgan fingerprint density at radius 3 is 1.86 bits per heavy atom. The molecule has 0 bridgehead atoms. The molecule has 84 valence electrons. The van der Waals surface area contributed by atoms with Crippen LogP contribution in [0, 0.1) is 0 Å². The summed E-state index contributed by atoms with van der Waals surface area (Å²) in [5, 5.41) is 8.49. The van der Waals surface area contributed by atoms with Crippen molar-refractivity contribution in [2.24, 2.45) is 0 Å². The first-order chi connectivity index (χ1) is 7.18. The molecule has 0 radical (unpaired) electrons. The Hall–Kier alpha value is -0.530. The van der Waals surface area contributed by atoms with Crippen LogP contribution in [-0.4, -0.2) is 11.1 Å². The van der Waals surface area contributed by atoms with Crippen molar-refractivity contribution in [3.8, 4) is 0 Å². The van der Waals surface area contributed by atoms with Gasteiger partial charge in [-0.15, -0.1) is 0 Å². The minimum absolute atomic E-state index is 0.504. The summed E-state index contributed by atoms with van der Waals surface area (Å²) in [6, 6.07) is 0. The van der Waals surface area contributed by atoms with Crippen LogP contribution >= 0.6 is 0 Å². The second kappa shape index (κ2) is 10.6. The molecule has 2 nitrogen and oxygen atoms in total. The fourth-order valence-electron chi connectivity index (χ4n) is 1.50. The lowest BCUT2D eigenvalue weighted by atomic mass is 10.1. The van der Waals surface area contributed by atoms with Crippen LogP contribution in [0.2, 0.25) is 0 Å². The molecule has 14 heavy (non-hydrogen) atoms. The molecule has 0 aromatic heterocycles. The van der Waals surface area contributed by atoms with E-state index < -0.39 is 12.4 Å². The predicted octanol–water partition coefficient (Wildman–Crippen LogP) is 3.99.